The van der Waals surface area contributed by atoms with Crippen LogP contribution < -0.4 is 5.32 Å². The lowest BCUT2D eigenvalue weighted by Crippen LogP contribution is -2.41. The fourth-order valence-corrected chi connectivity index (χ4v) is 1.73. The summed E-state index contributed by atoms with van der Waals surface area (Å²) in [5.74, 6) is 2.27. The molecular weight excluding hydrogens is 186 g/mol. The molecule has 0 aromatic carbocycles. The summed E-state index contributed by atoms with van der Waals surface area (Å²) >= 11 is 1.91. The lowest BCUT2D eigenvalue weighted by Gasteiger charge is -2.23. The third-order valence-corrected chi connectivity index (χ3v) is 2.75. The molecule has 1 saturated heterocycles. The van der Waals surface area contributed by atoms with Crippen LogP contribution in [0.5, 0.6) is 0 Å². The quantitative estimate of drug-likeness (QED) is 0.648. The smallest absolute Gasteiger partial charge is 0.0933 e. The number of hydrogen-bond acceptors (Lipinski definition) is 4. The summed E-state index contributed by atoms with van der Waals surface area (Å²) in [4.78, 5) is 0. The van der Waals surface area contributed by atoms with Gasteiger partial charge in [-0.25, -0.2) is 0 Å². The first kappa shape index (κ1) is 11.3. The average molecular weight is 205 g/mol. The molecule has 1 atom stereocenters. The molecule has 3 nitrogen and oxygen atoms in total. The van der Waals surface area contributed by atoms with Gasteiger partial charge in [-0.1, -0.05) is 6.92 Å². The van der Waals surface area contributed by atoms with Gasteiger partial charge in [0.25, 0.3) is 0 Å². The maximum Gasteiger partial charge on any atom is 0.0933 e. The lowest BCUT2D eigenvalue weighted by atomic mass is 10.3. The van der Waals surface area contributed by atoms with Gasteiger partial charge in [-0.2, -0.15) is 11.8 Å². The summed E-state index contributed by atoms with van der Waals surface area (Å²) in [7, 11) is 0. The molecular formula is C9H19NO2S. The van der Waals surface area contributed by atoms with E-state index >= 15 is 0 Å². The molecule has 4 heteroatoms. The van der Waals surface area contributed by atoms with E-state index in [2.05, 4.69) is 12.2 Å². The van der Waals surface area contributed by atoms with E-state index in [1.54, 1.807) is 0 Å². The normalized spacial score (nSPS) is 23.3. The van der Waals surface area contributed by atoms with E-state index in [1.807, 2.05) is 11.8 Å². The second-order valence-electron chi connectivity index (χ2n) is 2.97. The Bertz CT molecular complexity index is 118. The maximum absolute atomic E-state index is 5.49. The molecule has 1 aliphatic rings. The van der Waals surface area contributed by atoms with Gasteiger partial charge in [-0.05, 0) is 5.75 Å². The molecule has 0 spiro atoms. The summed E-state index contributed by atoms with van der Waals surface area (Å²) in [6.45, 7) is 6.47. The number of morpholine rings is 1. The molecule has 1 aliphatic heterocycles. The van der Waals surface area contributed by atoms with Gasteiger partial charge in [0.2, 0.25) is 0 Å². The van der Waals surface area contributed by atoms with Crippen LogP contribution in [-0.2, 0) is 9.47 Å². The Morgan fingerprint density at radius 1 is 1.62 bits per heavy atom. The van der Waals surface area contributed by atoms with Gasteiger partial charge in [0.05, 0.1) is 25.9 Å². The lowest BCUT2D eigenvalue weighted by molar-refractivity contribution is -0.0281. The minimum absolute atomic E-state index is 0.264. The third-order valence-electron chi connectivity index (χ3n) is 1.88. The Morgan fingerprint density at radius 3 is 3.23 bits per heavy atom. The maximum atomic E-state index is 5.49. The van der Waals surface area contributed by atoms with Gasteiger partial charge in [0, 0.05) is 18.8 Å². The third kappa shape index (κ3) is 5.52. The summed E-state index contributed by atoms with van der Waals surface area (Å²) in [6, 6.07) is 0. The molecule has 0 aromatic heterocycles. The van der Waals surface area contributed by atoms with Crippen LogP contribution in [0, 0.1) is 0 Å². The minimum atomic E-state index is 0.264. The zero-order chi connectivity index (χ0) is 9.36. The van der Waals surface area contributed by atoms with E-state index in [9.17, 15) is 0 Å². The van der Waals surface area contributed by atoms with E-state index in [0.717, 1.165) is 38.7 Å². The van der Waals surface area contributed by atoms with Gasteiger partial charge in [0.15, 0.2) is 0 Å². The van der Waals surface area contributed by atoms with Gasteiger partial charge in [0.1, 0.15) is 0 Å². The summed E-state index contributed by atoms with van der Waals surface area (Å²) in [5.41, 5.74) is 0. The molecule has 0 bridgehead atoms. The molecule has 1 heterocycles. The van der Waals surface area contributed by atoms with Crippen molar-refractivity contribution in [3.05, 3.63) is 0 Å². The highest BCUT2D eigenvalue weighted by Gasteiger charge is 2.12. The summed E-state index contributed by atoms with van der Waals surface area (Å²) in [5, 5.41) is 3.28. The largest absolute Gasteiger partial charge is 0.378 e. The van der Waals surface area contributed by atoms with Crippen molar-refractivity contribution in [3.63, 3.8) is 0 Å². The standard InChI is InChI=1S/C9H19NO2S/c1-2-13-6-5-11-8-9-7-10-3-4-12-9/h9-10H,2-8H2,1H3. The summed E-state index contributed by atoms with van der Waals surface area (Å²) < 4.78 is 11.0. The number of ether oxygens (including phenoxy) is 2. The van der Waals surface area contributed by atoms with Crippen molar-refractivity contribution in [2.24, 2.45) is 0 Å². The molecule has 1 fully saturated rings. The van der Waals surface area contributed by atoms with Crippen molar-refractivity contribution in [1.29, 1.82) is 0 Å². The van der Waals surface area contributed by atoms with E-state index < -0.39 is 0 Å². The SMILES string of the molecule is CCSCCOCC1CNCCO1. The average Bonchev–Trinajstić information content (AvgIpc) is 2.19. The van der Waals surface area contributed by atoms with Gasteiger partial charge in [-0.3, -0.25) is 0 Å². The molecule has 0 aromatic rings. The second-order valence-corrected chi connectivity index (χ2v) is 4.36. The Kier molecular flexibility index (Phi) is 6.62. The highest BCUT2D eigenvalue weighted by Crippen LogP contribution is 2.00. The van der Waals surface area contributed by atoms with Crippen molar-refractivity contribution in [3.8, 4) is 0 Å². The van der Waals surface area contributed by atoms with Crippen molar-refractivity contribution in [2.75, 3.05) is 44.4 Å². The van der Waals surface area contributed by atoms with Crippen LogP contribution in [0.1, 0.15) is 6.92 Å². The van der Waals surface area contributed by atoms with Crippen LogP contribution in [0.15, 0.2) is 0 Å². The van der Waals surface area contributed by atoms with E-state index in [4.69, 9.17) is 9.47 Å². The van der Waals surface area contributed by atoms with Gasteiger partial charge >= 0.3 is 0 Å². The van der Waals surface area contributed by atoms with E-state index in [-0.39, 0.29) is 6.10 Å². The Labute approximate surface area is 84.6 Å². The predicted molar refractivity (Wildman–Crippen MR) is 56.4 cm³/mol. The second kappa shape index (κ2) is 7.62. The van der Waals surface area contributed by atoms with Gasteiger partial charge in [-0.15, -0.1) is 0 Å². The Hall–Kier alpha value is 0.230. The molecule has 0 amide bonds. The first-order valence-electron chi connectivity index (χ1n) is 4.91. The number of rotatable bonds is 6. The van der Waals surface area contributed by atoms with Crippen molar-refractivity contribution >= 4 is 11.8 Å². The predicted octanol–water partition coefficient (Wildman–Crippen LogP) is 0.744. The topological polar surface area (TPSA) is 30.5 Å². The number of hydrogen-bond donors (Lipinski definition) is 1. The first-order valence-corrected chi connectivity index (χ1v) is 6.06. The van der Waals surface area contributed by atoms with Crippen molar-refractivity contribution in [1.82, 2.24) is 5.32 Å². The molecule has 1 rings (SSSR count). The molecule has 78 valence electrons. The van der Waals surface area contributed by atoms with E-state index in [1.165, 1.54) is 5.75 Å². The van der Waals surface area contributed by atoms with Crippen molar-refractivity contribution in [2.45, 2.75) is 13.0 Å². The Morgan fingerprint density at radius 2 is 2.54 bits per heavy atom. The Balaban J connectivity index is 1.86. The molecule has 0 saturated carbocycles. The van der Waals surface area contributed by atoms with Gasteiger partial charge < -0.3 is 14.8 Å². The summed E-state index contributed by atoms with van der Waals surface area (Å²) in [6.07, 6.45) is 0.264. The fraction of sp³-hybridized carbons (Fsp3) is 1.00. The molecule has 13 heavy (non-hydrogen) atoms. The highest BCUT2D eigenvalue weighted by molar-refractivity contribution is 7.99. The highest BCUT2D eigenvalue weighted by atomic mass is 32.2. The first-order chi connectivity index (χ1) is 6.43. The monoisotopic (exact) mass is 205 g/mol. The van der Waals surface area contributed by atoms with Crippen LogP contribution in [-0.4, -0.2) is 50.5 Å². The number of thioether (sulfide) groups is 1. The molecule has 0 aliphatic carbocycles. The molecule has 0 radical (unpaired) electrons. The minimum Gasteiger partial charge on any atom is -0.378 e. The van der Waals surface area contributed by atoms with Crippen molar-refractivity contribution < 1.29 is 9.47 Å². The van der Waals surface area contributed by atoms with Crippen LogP contribution in [0.25, 0.3) is 0 Å². The van der Waals surface area contributed by atoms with Crippen LogP contribution in [0.4, 0.5) is 0 Å². The van der Waals surface area contributed by atoms with Crippen LogP contribution in [0.3, 0.4) is 0 Å². The van der Waals surface area contributed by atoms with Crippen LogP contribution >= 0.6 is 11.8 Å². The molecule has 1 unspecified atom stereocenters. The molecule has 1 N–H and O–H groups in total. The fourth-order valence-electron chi connectivity index (χ4n) is 1.20. The van der Waals surface area contributed by atoms with Crippen LogP contribution in [0.2, 0.25) is 0 Å². The van der Waals surface area contributed by atoms with E-state index in [0.29, 0.717) is 0 Å². The zero-order valence-corrected chi connectivity index (χ0v) is 9.07. The zero-order valence-electron chi connectivity index (χ0n) is 8.25. The number of nitrogens with one attached hydrogen (secondary N) is 1.